The first-order valence-corrected chi connectivity index (χ1v) is 16.8. The van der Waals surface area contributed by atoms with Gasteiger partial charge in [-0.15, -0.1) is 0 Å². The molecule has 210 valence electrons. The van der Waals surface area contributed by atoms with Gasteiger partial charge in [-0.2, -0.15) is 0 Å². The molecule has 0 aliphatic carbocycles. The van der Waals surface area contributed by atoms with E-state index < -0.39 is 0 Å². The molecular weight excluding hydrogens is 434 g/mol. The van der Waals surface area contributed by atoms with Crippen LogP contribution in [0.25, 0.3) is 0 Å². The second-order valence-electron chi connectivity index (χ2n) is 11.5. The highest BCUT2D eigenvalue weighted by molar-refractivity contribution is 5.42. The lowest BCUT2D eigenvalue weighted by molar-refractivity contribution is 0.611. The minimum absolute atomic E-state index is 1.21. The lowest BCUT2D eigenvalue weighted by atomic mass is 9.86. The third kappa shape index (κ3) is 14.2. The molecule has 0 saturated heterocycles. The molecule has 0 spiro atoms. The van der Waals surface area contributed by atoms with Crippen molar-refractivity contribution in [1.29, 1.82) is 0 Å². The van der Waals surface area contributed by atoms with E-state index in [1.165, 1.54) is 172 Å². The van der Waals surface area contributed by atoms with E-state index in [-0.39, 0.29) is 0 Å². The zero-order valence-electron chi connectivity index (χ0n) is 25.6. The standard InChI is InChI=1S/C35H65N/c1-6-11-16-21-26-31-32(27-22-17-12-7-2)34(29-24-19-14-9-4)36-35(30-25-20-15-10-5)33(31)28-23-18-13-8-3/h6-30H2,1-5H3. The lowest BCUT2D eigenvalue weighted by Gasteiger charge is -2.23. The Balaban J connectivity index is 3.35. The fourth-order valence-electron chi connectivity index (χ4n) is 5.76. The van der Waals surface area contributed by atoms with Crippen molar-refractivity contribution < 1.29 is 0 Å². The van der Waals surface area contributed by atoms with Crippen molar-refractivity contribution in [2.45, 2.75) is 195 Å². The van der Waals surface area contributed by atoms with Gasteiger partial charge in [-0.25, -0.2) is 0 Å². The summed E-state index contributed by atoms with van der Waals surface area (Å²) >= 11 is 0. The molecule has 0 bridgehead atoms. The van der Waals surface area contributed by atoms with Gasteiger partial charge in [0.25, 0.3) is 0 Å². The van der Waals surface area contributed by atoms with Gasteiger partial charge in [0.05, 0.1) is 0 Å². The average Bonchev–Trinajstić information content (AvgIpc) is 2.89. The lowest BCUT2D eigenvalue weighted by Crippen LogP contribution is -2.13. The molecule has 36 heavy (non-hydrogen) atoms. The Labute approximate surface area is 228 Å². The van der Waals surface area contributed by atoms with E-state index in [4.69, 9.17) is 4.98 Å². The Morgan fingerprint density at radius 1 is 0.306 bits per heavy atom. The Morgan fingerprint density at radius 3 is 0.889 bits per heavy atom. The van der Waals surface area contributed by atoms with Gasteiger partial charge in [0.1, 0.15) is 0 Å². The molecule has 1 aromatic heterocycles. The van der Waals surface area contributed by atoms with Crippen LogP contribution in [0.5, 0.6) is 0 Å². The SMILES string of the molecule is CCCCCCc1nc(CCCCCC)c(CCCCCC)c(CCCCCC)c1CCCCCC. The Kier molecular flexibility index (Phi) is 21.5. The van der Waals surface area contributed by atoms with Gasteiger partial charge >= 0.3 is 0 Å². The summed E-state index contributed by atoms with van der Waals surface area (Å²) in [5, 5.41) is 0. The summed E-state index contributed by atoms with van der Waals surface area (Å²) in [7, 11) is 0. The first-order valence-electron chi connectivity index (χ1n) is 16.8. The minimum Gasteiger partial charge on any atom is -0.257 e. The van der Waals surface area contributed by atoms with Crippen molar-refractivity contribution in [2.24, 2.45) is 0 Å². The maximum atomic E-state index is 5.57. The number of rotatable bonds is 25. The largest absolute Gasteiger partial charge is 0.257 e. The minimum atomic E-state index is 1.21. The zero-order valence-corrected chi connectivity index (χ0v) is 25.6. The van der Waals surface area contributed by atoms with Crippen molar-refractivity contribution in [3.63, 3.8) is 0 Å². The summed E-state index contributed by atoms with van der Waals surface area (Å²) in [6.07, 6.45) is 33.4. The van der Waals surface area contributed by atoms with Crippen LogP contribution < -0.4 is 0 Å². The zero-order chi connectivity index (χ0) is 26.3. The predicted octanol–water partition coefficient (Wildman–Crippen LogP) is 11.7. The van der Waals surface area contributed by atoms with Crippen LogP contribution in [-0.4, -0.2) is 4.98 Å². The Morgan fingerprint density at radius 2 is 0.583 bits per heavy atom. The summed E-state index contributed by atoms with van der Waals surface area (Å²) in [5.74, 6) is 0. The maximum absolute atomic E-state index is 5.57. The highest BCUT2D eigenvalue weighted by Crippen LogP contribution is 2.29. The van der Waals surface area contributed by atoms with Crippen LogP contribution in [0.15, 0.2) is 0 Å². The molecule has 0 aliphatic heterocycles. The van der Waals surface area contributed by atoms with Gasteiger partial charge in [0.15, 0.2) is 0 Å². The number of pyridine rings is 1. The van der Waals surface area contributed by atoms with Crippen LogP contribution in [0, 0.1) is 0 Å². The number of unbranched alkanes of at least 4 members (excludes halogenated alkanes) is 15. The summed E-state index contributed by atoms with van der Waals surface area (Å²) in [5.41, 5.74) is 8.22. The van der Waals surface area contributed by atoms with E-state index in [1.807, 2.05) is 0 Å². The number of hydrogen-bond donors (Lipinski definition) is 0. The van der Waals surface area contributed by atoms with Gasteiger partial charge in [-0.1, -0.05) is 131 Å². The van der Waals surface area contributed by atoms with E-state index in [9.17, 15) is 0 Å². The Bertz CT molecular complexity index is 586. The average molecular weight is 500 g/mol. The molecule has 0 fully saturated rings. The maximum Gasteiger partial charge on any atom is 0.0441 e. The molecule has 1 heterocycles. The smallest absolute Gasteiger partial charge is 0.0441 e. The number of hydrogen-bond acceptors (Lipinski definition) is 1. The first-order chi connectivity index (χ1) is 17.7. The Hall–Kier alpha value is -0.850. The van der Waals surface area contributed by atoms with Crippen molar-refractivity contribution in [1.82, 2.24) is 4.98 Å². The van der Waals surface area contributed by atoms with E-state index in [1.54, 1.807) is 16.7 Å². The van der Waals surface area contributed by atoms with E-state index in [0.29, 0.717) is 0 Å². The molecule has 1 heteroatoms. The van der Waals surface area contributed by atoms with Crippen molar-refractivity contribution >= 4 is 0 Å². The van der Waals surface area contributed by atoms with Crippen molar-refractivity contribution in [2.75, 3.05) is 0 Å². The van der Waals surface area contributed by atoms with Crippen molar-refractivity contribution in [3.8, 4) is 0 Å². The van der Waals surface area contributed by atoms with Crippen LogP contribution in [-0.2, 0) is 32.1 Å². The molecule has 0 aliphatic rings. The van der Waals surface area contributed by atoms with Crippen LogP contribution in [0.4, 0.5) is 0 Å². The highest BCUT2D eigenvalue weighted by Gasteiger charge is 2.19. The number of aryl methyl sites for hydroxylation is 2. The van der Waals surface area contributed by atoms with E-state index in [0.717, 1.165) is 0 Å². The van der Waals surface area contributed by atoms with Gasteiger partial charge in [-0.3, -0.25) is 4.98 Å². The molecule has 0 saturated carbocycles. The normalized spacial score (nSPS) is 11.5. The number of nitrogens with zero attached hydrogens (tertiary/aromatic N) is 1. The van der Waals surface area contributed by atoms with E-state index >= 15 is 0 Å². The van der Waals surface area contributed by atoms with Gasteiger partial charge < -0.3 is 0 Å². The summed E-state index contributed by atoms with van der Waals surface area (Å²) < 4.78 is 0. The van der Waals surface area contributed by atoms with Crippen LogP contribution in [0.1, 0.15) is 191 Å². The molecule has 0 radical (unpaired) electrons. The molecule has 0 N–H and O–H groups in total. The molecule has 0 atom stereocenters. The quantitative estimate of drug-likeness (QED) is 0.122. The molecule has 1 rings (SSSR count). The summed E-state index contributed by atoms with van der Waals surface area (Å²) in [4.78, 5) is 5.57. The van der Waals surface area contributed by atoms with Crippen LogP contribution >= 0.6 is 0 Å². The summed E-state index contributed by atoms with van der Waals surface area (Å²) in [6, 6.07) is 0. The van der Waals surface area contributed by atoms with Gasteiger partial charge in [-0.05, 0) is 80.9 Å². The summed E-state index contributed by atoms with van der Waals surface area (Å²) in [6.45, 7) is 11.7. The second kappa shape index (κ2) is 23.3. The van der Waals surface area contributed by atoms with Gasteiger partial charge in [0, 0.05) is 11.4 Å². The van der Waals surface area contributed by atoms with Crippen molar-refractivity contribution in [3.05, 3.63) is 28.1 Å². The number of aromatic nitrogens is 1. The molecule has 0 aromatic carbocycles. The monoisotopic (exact) mass is 500 g/mol. The third-order valence-corrected chi connectivity index (χ3v) is 8.07. The first kappa shape index (κ1) is 33.2. The second-order valence-corrected chi connectivity index (χ2v) is 11.5. The fraction of sp³-hybridized carbons (Fsp3) is 0.857. The molecule has 0 unspecified atom stereocenters. The predicted molar refractivity (Wildman–Crippen MR) is 163 cm³/mol. The highest BCUT2D eigenvalue weighted by atomic mass is 14.7. The third-order valence-electron chi connectivity index (χ3n) is 8.07. The molecule has 1 aromatic rings. The van der Waals surface area contributed by atoms with Crippen LogP contribution in [0.3, 0.4) is 0 Å². The van der Waals surface area contributed by atoms with E-state index in [2.05, 4.69) is 34.6 Å². The molecule has 0 amide bonds. The molecule has 1 nitrogen and oxygen atoms in total. The molecular formula is C35H65N. The topological polar surface area (TPSA) is 12.9 Å². The fourth-order valence-corrected chi connectivity index (χ4v) is 5.76. The van der Waals surface area contributed by atoms with Gasteiger partial charge in [0.2, 0.25) is 0 Å². The van der Waals surface area contributed by atoms with Crippen LogP contribution in [0.2, 0.25) is 0 Å².